The van der Waals surface area contributed by atoms with E-state index in [9.17, 15) is 0 Å². The van der Waals surface area contributed by atoms with E-state index in [0.29, 0.717) is 0 Å². The van der Waals surface area contributed by atoms with Crippen LogP contribution in [0.3, 0.4) is 0 Å². The van der Waals surface area contributed by atoms with Gasteiger partial charge in [-0.25, -0.2) is 4.68 Å². The maximum absolute atomic E-state index is 5.70. The first-order chi connectivity index (χ1) is 9.24. The van der Waals surface area contributed by atoms with Crippen LogP contribution in [0.5, 0.6) is 0 Å². The monoisotopic (exact) mass is 250 g/mol. The average Bonchev–Trinajstić information content (AvgIpc) is 2.90. The Morgan fingerprint density at radius 3 is 2.32 bits per heavy atom. The molecule has 0 aliphatic rings. The van der Waals surface area contributed by atoms with Crippen LogP contribution >= 0.6 is 0 Å². The molecular formula is C15H14N4. The Bertz CT molecular complexity index is 621. The van der Waals surface area contributed by atoms with Gasteiger partial charge in [0.25, 0.3) is 0 Å². The molecule has 0 aliphatic heterocycles. The van der Waals surface area contributed by atoms with E-state index < -0.39 is 0 Å². The molecule has 0 aliphatic carbocycles. The number of rotatable bonds is 2. The zero-order valence-electron chi connectivity index (χ0n) is 10.6. The van der Waals surface area contributed by atoms with Crippen molar-refractivity contribution in [2.24, 2.45) is 0 Å². The SMILES string of the molecule is Cc1ccc(-c2cnnn2-c2ccc(N)cc2)cc1. The van der Waals surface area contributed by atoms with Crippen LogP contribution in [-0.4, -0.2) is 15.0 Å². The summed E-state index contributed by atoms with van der Waals surface area (Å²) in [7, 11) is 0. The molecule has 0 bridgehead atoms. The molecule has 3 aromatic rings. The zero-order chi connectivity index (χ0) is 13.2. The lowest BCUT2D eigenvalue weighted by molar-refractivity contribution is 0.808. The van der Waals surface area contributed by atoms with Crippen molar-refractivity contribution in [1.82, 2.24) is 15.0 Å². The molecule has 94 valence electrons. The number of aryl methyl sites for hydroxylation is 1. The summed E-state index contributed by atoms with van der Waals surface area (Å²) >= 11 is 0. The van der Waals surface area contributed by atoms with Gasteiger partial charge in [-0.05, 0) is 31.2 Å². The fourth-order valence-electron chi connectivity index (χ4n) is 1.96. The first-order valence-electron chi connectivity index (χ1n) is 6.08. The van der Waals surface area contributed by atoms with Gasteiger partial charge in [0, 0.05) is 11.3 Å². The summed E-state index contributed by atoms with van der Waals surface area (Å²) in [6, 6.07) is 15.9. The summed E-state index contributed by atoms with van der Waals surface area (Å²) < 4.78 is 1.81. The highest BCUT2D eigenvalue weighted by atomic mass is 15.4. The van der Waals surface area contributed by atoms with Crippen LogP contribution in [0.4, 0.5) is 5.69 Å². The van der Waals surface area contributed by atoms with E-state index in [0.717, 1.165) is 22.6 Å². The molecule has 0 radical (unpaired) electrons. The van der Waals surface area contributed by atoms with Gasteiger partial charge in [-0.1, -0.05) is 35.0 Å². The fraction of sp³-hybridized carbons (Fsp3) is 0.0667. The lowest BCUT2D eigenvalue weighted by Gasteiger charge is -2.06. The van der Waals surface area contributed by atoms with Gasteiger partial charge in [0.05, 0.1) is 17.6 Å². The number of benzene rings is 2. The molecule has 0 atom stereocenters. The van der Waals surface area contributed by atoms with Crippen molar-refractivity contribution in [1.29, 1.82) is 0 Å². The maximum atomic E-state index is 5.70. The third-order valence-electron chi connectivity index (χ3n) is 3.03. The van der Waals surface area contributed by atoms with Crippen LogP contribution < -0.4 is 5.73 Å². The van der Waals surface area contributed by atoms with Crippen molar-refractivity contribution in [3.05, 3.63) is 60.3 Å². The normalized spacial score (nSPS) is 10.6. The number of hydrogen-bond donors (Lipinski definition) is 1. The summed E-state index contributed by atoms with van der Waals surface area (Å²) in [5, 5.41) is 8.14. The van der Waals surface area contributed by atoms with Crippen molar-refractivity contribution in [2.45, 2.75) is 6.92 Å². The van der Waals surface area contributed by atoms with E-state index in [1.807, 2.05) is 28.9 Å². The molecule has 0 spiro atoms. The summed E-state index contributed by atoms with van der Waals surface area (Å²) in [6.07, 6.45) is 1.76. The second-order valence-electron chi connectivity index (χ2n) is 4.49. The molecule has 2 N–H and O–H groups in total. The molecule has 2 aromatic carbocycles. The second kappa shape index (κ2) is 4.57. The number of nitrogens with zero attached hydrogens (tertiary/aromatic N) is 3. The predicted molar refractivity (Wildman–Crippen MR) is 75.9 cm³/mol. The van der Waals surface area contributed by atoms with Crippen LogP contribution in [0.2, 0.25) is 0 Å². The third-order valence-corrected chi connectivity index (χ3v) is 3.03. The smallest absolute Gasteiger partial charge is 0.0944 e. The van der Waals surface area contributed by atoms with Gasteiger partial charge in [0.2, 0.25) is 0 Å². The highest BCUT2D eigenvalue weighted by Gasteiger charge is 2.08. The van der Waals surface area contributed by atoms with Crippen molar-refractivity contribution in [3.8, 4) is 16.9 Å². The number of anilines is 1. The largest absolute Gasteiger partial charge is 0.399 e. The highest BCUT2D eigenvalue weighted by Crippen LogP contribution is 2.22. The van der Waals surface area contributed by atoms with Gasteiger partial charge in [-0.2, -0.15) is 0 Å². The molecule has 4 nitrogen and oxygen atoms in total. The lowest BCUT2D eigenvalue weighted by Crippen LogP contribution is -1.99. The molecule has 0 amide bonds. The van der Waals surface area contributed by atoms with Crippen LogP contribution in [-0.2, 0) is 0 Å². The minimum atomic E-state index is 0.737. The Balaban J connectivity index is 2.07. The van der Waals surface area contributed by atoms with Gasteiger partial charge < -0.3 is 5.73 Å². The standard InChI is InChI=1S/C15H14N4/c1-11-2-4-12(5-3-11)15-10-17-18-19(15)14-8-6-13(16)7-9-14/h2-10H,16H2,1H3. The van der Waals surface area contributed by atoms with Crippen LogP contribution in [0.1, 0.15) is 5.56 Å². The van der Waals surface area contributed by atoms with Crippen LogP contribution in [0, 0.1) is 6.92 Å². The van der Waals surface area contributed by atoms with Crippen molar-refractivity contribution in [2.75, 3.05) is 5.73 Å². The molecular weight excluding hydrogens is 236 g/mol. The Kier molecular flexibility index (Phi) is 2.76. The average molecular weight is 250 g/mol. The molecule has 1 heterocycles. The highest BCUT2D eigenvalue weighted by molar-refractivity contribution is 5.61. The molecule has 3 rings (SSSR count). The van der Waals surface area contributed by atoms with Crippen molar-refractivity contribution in [3.63, 3.8) is 0 Å². The molecule has 4 heteroatoms. The topological polar surface area (TPSA) is 56.7 Å². The first kappa shape index (κ1) is 11.5. The Labute approximate surface area is 111 Å². The second-order valence-corrected chi connectivity index (χ2v) is 4.49. The number of aromatic nitrogens is 3. The van der Waals surface area contributed by atoms with Gasteiger partial charge >= 0.3 is 0 Å². The maximum Gasteiger partial charge on any atom is 0.0944 e. The molecule has 0 saturated carbocycles. The molecule has 0 fully saturated rings. The van der Waals surface area contributed by atoms with Crippen LogP contribution in [0.15, 0.2) is 54.7 Å². The van der Waals surface area contributed by atoms with Crippen molar-refractivity contribution < 1.29 is 0 Å². The molecule has 19 heavy (non-hydrogen) atoms. The zero-order valence-corrected chi connectivity index (χ0v) is 10.6. The summed E-state index contributed by atoms with van der Waals surface area (Å²) in [4.78, 5) is 0. The Morgan fingerprint density at radius 2 is 1.63 bits per heavy atom. The summed E-state index contributed by atoms with van der Waals surface area (Å²) in [5.74, 6) is 0. The van der Waals surface area contributed by atoms with Crippen LogP contribution in [0.25, 0.3) is 16.9 Å². The minimum Gasteiger partial charge on any atom is -0.399 e. The Morgan fingerprint density at radius 1 is 0.947 bits per heavy atom. The third kappa shape index (κ3) is 2.20. The lowest BCUT2D eigenvalue weighted by atomic mass is 10.1. The van der Waals surface area contributed by atoms with Crippen molar-refractivity contribution >= 4 is 5.69 Å². The predicted octanol–water partition coefficient (Wildman–Crippen LogP) is 2.82. The van der Waals surface area contributed by atoms with E-state index in [1.165, 1.54) is 5.56 Å². The summed E-state index contributed by atoms with van der Waals surface area (Å²) in [5.41, 5.74) is 10.7. The summed E-state index contributed by atoms with van der Waals surface area (Å²) in [6.45, 7) is 2.07. The minimum absolute atomic E-state index is 0.737. The molecule has 0 saturated heterocycles. The quantitative estimate of drug-likeness (QED) is 0.711. The van der Waals surface area contributed by atoms with Gasteiger partial charge in [-0.15, -0.1) is 5.10 Å². The van der Waals surface area contributed by atoms with Gasteiger partial charge in [0.15, 0.2) is 0 Å². The van der Waals surface area contributed by atoms with E-state index in [4.69, 9.17) is 5.73 Å². The molecule has 0 unspecified atom stereocenters. The fourth-order valence-corrected chi connectivity index (χ4v) is 1.96. The van der Waals surface area contributed by atoms with E-state index in [1.54, 1.807) is 6.20 Å². The van der Waals surface area contributed by atoms with Gasteiger partial charge in [0.1, 0.15) is 0 Å². The number of nitrogen functional groups attached to an aromatic ring is 1. The number of nitrogens with two attached hydrogens (primary N) is 1. The van der Waals surface area contributed by atoms with E-state index in [-0.39, 0.29) is 0 Å². The van der Waals surface area contributed by atoms with Gasteiger partial charge in [-0.3, -0.25) is 0 Å². The van der Waals surface area contributed by atoms with E-state index >= 15 is 0 Å². The molecule has 1 aromatic heterocycles. The first-order valence-corrected chi connectivity index (χ1v) is 6.08. The number of hydrogen-bond acceptors (Lipinski definition) is 3. The van der Waals surface area contributed by atoms with E-state index in [2.05, 4.69) is 41.5 Å². The Hall–Kier alpha value is -2.62.